The molecular weight excluding hydrogens is 450 g/mol. The van der Waals surface area contributed by atoms with Crippen molar-refractivity contribution in [2.45, 2.75) is 26.3 Å². The minimum Gasteiger partial charge on any atom is -0.459 e. The van der Waals surface area contributed by atoms with Crippen LogP contribution in [0.4, 0.5) is 5.69 Å². The van der Waals surface area contributed by atoms with Gasteiger partial charge >= 0.3 is 0 Å². The Morgan fingerprint density at radius 2 is 1.83 bits per heavy atom. The number of piperazine rings is 2. The van der Waals surface area contributed by atoms with Crippen molar-refractivity contribution < 1.29 is 23.6 Å². The first-order chi connectivity index (χ1) is 16.8. The third kappa shape index (κ3) is 5.89. The summed E-state index contributed by atoms with van der Waals surface area (Å²) in [5, 5.41) is 5.59. The number of aryl methyl sites for hydroxylation is 2. The molecule has 10 nitrogen and oxygen atoms in total. The van der Waals surface area contributed by atoms with Gasteiger partial charge in [0.05, 0.1) is 19.2 Å². The summed E-state index contributed by atoms with van der Waals surface area (Å²) in [4.78, 5) is 56.0. The largest absolute Gasteiger partial charge is 0.459 e. The molecular formula is C25H31N5O5. The summed E-state index contributed by atoms with van der Waals surface area (Å²) >= 11 is 0. The molecule has 1 aromatic carbocycles. The lowest BCUT2D eigenvalue weighted by atomic mass is 10.1. The molecule has 2 aliphatic rings. The number of hydrogen-bond donors (Lipinski definition) is 2. The first-order valence-electron chi connectivity index (χ1n) is 11.8. The molecule has 0 unspecified atom stereocenters. The number of benzene rings is 1. The third-order valence-electron chi connectivity index (χ3n) is 6.57. The van der Waals surface area contributed by atoms with Crippen LogP contribution in [-0.4, -0.2) is 90.2 Å². The maximum absolute atomic E-state index is 13.1. The molecule has 2 aromatic rings. The van der Waals surface area contributed by atoms with Crippen molar-refractivity contribution in [1.29, 1.82) is 0 Å². The van der Waals surface area contributed by atoms with Crippen molar-refractivity contribution in [3.05, 3.63) is 53.5 Å². The first kappa shape index (κ1) is 24.5. The fourth-order valence-corrected chi connectivity index (χ4v) is 4.37. The topological polar surface area (TPSA) is 115 Å². The number of furan rings is 1. The lowest BCUT2D eigenvalue weighted by molar-refractivity contribution is -0.145. The normalized spacial score (nSPS) is 18.8. The quantitative estimate of drug-likeness (QED) is 0.637. The number of rotatable bonds is 6. The smallest absolute Gasteiger partial charge is 0.289 e. The number of carbonyl (C=O) groups excluding carboxylic acids is 4. The summed E-state index contributed by atoms with van der Waals surface area (Å²) in [5.74, 6) is -0.708. The third-order valence-corrected chi connectivity index (χ3v) is 6.57. The maximum Gasteiger partial charge on any atom is 0.289 e. The molecule has 2 saturated heterocycles. The number of anilines is 1. The van der Waals surface area contributed by atoms with Crippen LogP contribution < -0.4 is 10.6 Å². The molecule has 0 bridgehead atoms. The SMILES string of the molecule is Cc1ccc(NC(=O)C[C@@H]2C(=O)NCCN2C(=O)CN2CCN(C(=O)c3ccco3)CC2)cc1C. The van der Waals surface area contributed by atoms with E-state index >= 15 is 0 Å². The van der Waals surface area contributed by atoms with Crippen LogP contribution in [0.1, 0.15) is 28.1 Å². The second-order valence-electron chi connectivity index (χ2n) is 8.99. The zero-order valence-corrected chi connectivity index (χ0v) is 20.1. The van der Waals surface area contributed by atoms with E-state index in [1.165, 1.54) is 11.2 Å². The highest BCUT2D eigenvalue weighted by molar-refractivity contribution is 5.97. The van der Waals surface area contributed by atoms with E-state index in [0.29, 0.717) is 50.7 Å². The van der Waals surface area contributed by atoms with Crippen LogP contribution in [0.5, 0.6) is 0 Å². The van der Waals surface area contributed by atoms with Crippen molar-refractivity contribution in [3.8, 4) is 0 Å². The summed E-state index contributed by atoms with van der Waals surface area (Å²) in [5.41, 5.74) is 2.84. The zero-order valence-electron chi connectivity index (χ0n) is 20.1. The Bertz CT molecular complexity index is 1090. The van der Waals surface area contributed by atoms with Crippen molar-refractivity contribution in [3.63, 3.8) is 0 Å². The summed E-state index contributed by atoms with van der Waals surface area (Å²) in [6.45, 7) is 6.83. The molecule has 3 heterocycles. The van der Waals surface area contributed by atoms with Gasteiger partial charge in [-0.25, -0.2) is 0 Å². The van der Waals surface area contributed by atoms with Crippen LogP contribution in [0.15, 0.2) is 41.0 Å². The van der Waals surface area contributed by atoms with Gasteiger partial charge < -0.3 is 24.9 Å². The molecule has 2 aliphatic heterocycles. The predicted octanol–water partition coefficient (Wildman–Crippen LogP) is 1.01. The molecule has 0 radical (unpaired) electrons. The fourth-order valence-electron chi connectivity index (χ4n) is 4.37. The van der Waals surface area contributed by atoms with Crippen LogP contribution in [-0.2, 0) is 14.4 Å². The molecule has 35 heavy (non-hydrogen) atoms. The average Bonchev–Trinajstić information content (AvgIpc) is 3.38. The molecule has 0 spiro atoms. The number of carbonyl (C=O) groups is 4. The van der Waals surface area contributed by atoms with Crippen LogP contribution >= 0.6 is 0 Å². The van der Waals surface area contributed by atoms with E-state index in [9.17, 15) is 19.2 Å². The van der Waals surface area contributed by atoms with E-state index in [4.69, 9.17) is 4.42 Å². The van der Waals surface area contributed by atoms with E-state index in [1.54, 1.807) is 17.0 Å². The monoisotopic (exact) mass is 481 g/mol. The highest BCUT2D eigenvalue weighted by Crippen LogP contribution is 2.17. The van der Waals surface area contributed by atoms with E-state index in [1.807, 2.05) is 36.9 Å². The Morgan fingerprint density at radius 1 is 1.06 bits per heavy atom. The number of hydrogen-bond acceptors (Lipinski definition) is 6. The number of nitrogens with zero attached hydrogens (tertiary/aromatic N) is 3. The van der Waals surface area contributed by atoms with Gasteiger partial charge in [-0.05, 0) is 49.2 Å². The molecule has 1 atom stereocenters. The fraction of sp³-hybridized carbons (Fsp3) is 0.440. The van der Waals surface area contributed by atoms with Crippen molar-refractivity contribution in [1.82, 2.24) is 20.0 Å². The van der Waals surface area contributed by atoms with E-state index in [0.717, 1.165) is 11.1 Å². The number of nitrogens with one attached hydrogen (secondary N) is 2. The van der Waals surface area contributed by atoms with Gasteiger partial charge in [0, 0.05) is 45.0 Å². The standard InChI is InChI=1S/C25H31N5O5/c1-17-5-6-19(14-18(17)2)27-22(31)15-20-24(33)26-7-8-30(20)23(32)16-28-9-11-29(12-10-28)25(34)21-4-3-13-35-21/h3-6,13-14,20H,7-12,15-16H2,1-2H3,(H,26,33)(H,27,31)/t20-/m1/s1. The molecule has 2 fully saturated rings. The summed E-state index contributed by atoms with van der Waals surface area (Å²) < 4.78 is 5.19. The lowest BCUT2D eigenvalue weighted by Gasteiger charge is -2.38. The van der Waals surface area contributed by atoms with Crippen LogP contribution in [0.3, 0.4) is 0 Å². The van der Waals surface area contributed by atoms with Crippen LogP contribution in [0.25, 0.3) is 0 Å². The summed E-state index contributed by atoms with van der Waals surface area (Å²) in [6, 6.07) is 8.08. The van der Waals surface area contributed by atoms with E-state index in [2.05, 4.69) is 10.6 Å². The molecule has 1 aromatic heterocycles. The lowest BCUT2D eigenvalue weighted by Crippen LogP contribution is -2.60. The van der Waals surface area contributed by atoms with Gasteiger partial charge in [-0.3, -0.25) is 24.1 Å². The first-order valence-corrected chi connectivity index (χ1v) is 11.8. The molecule has 0 aliphatic carbocycles. The highest BCUT2D eigenvalue weighted by Gasteiger charge is 2.35. The molecule has 0 saturated carbocycles. The Balaban J connectivity index is 1.32. The maximum atomic E-state index is 13.1. The van der Waals surface area contributed by atoms with Crippen LogP contribution in [0.2, 0.25) is 0 Å². The minimum absolute atomic E-state index is 0.115. The molecule has 4 amide bonds. The molecule has 2 N–H and O–H groups in total. The van der Waals surface area contributed by atoms with Gasteiger partial charge in [-0.2, -0.15) is 0 Å². The van der Waals surface area contributed by atoms with Gasteiger partial charge in [0.25, 0.3) is 5.91 Å². The summed E-state index contributed by atoms with van der Waals surface area (Å²) in [6.07, 6.45) is 1.35. The molecule has 10 heteroatoms. The number of amides is 4. The Kier molecular flexibility index (Phi) is 7.50. The van der Waals surface area contributed by atoms with Gasteiger partial charge in [-0.1, -0.05) is 6.07 Å². The van der Waals surface area contributed by atoms with Crippen molar-refractivity contribution in [2.24, 2.45) is 0 Å². The zero-order chi connectivity index (χ0) is 24.9. The van der Waals surface area contributed by atoms with Gasteiger partial charge in [0.1, 0.15) is 6.04 Å². The minimum atomic E-state index is -0.857. The molecule has 186 valence electrons. The van der Waals surface area contributed by atoms with Crippen molar-refractivity contribution >= 4 is 29.3 Å². The van der Waals surface area contributed by atoms with E-state index in [-0.39, 0.29) is 36.6 Å². The second kappa shape index (κ2) is 10.7. The van der Waals surface area contributed by atoms with Crippen molar-refractivity contribution in [2.75, 3.05) is 51.1 Å². The Morgan fingerprint density at radius 3 is 2.51 bits per heavy atom. The highest BCUT2D eigenvalue weighted by atomic mass is 16.3. The molecule has 4 rings (SSSR count). The van der Waals surface area contributed by atoms with Gasteiger partial charge in [0.15, 0.2) is 5.76 Å². The summed E-state index contributed by atoms with van der Waals surface area (Å²) in [7, 11) is 0. The predicted molar refractivity (Wildman–Crippen MR) is 129 cm³/mol. The second-order valence-corrected chi connectivity index (χ2v) is 8.99. The Hall–Kier alpha value is -3.66. The van der Waals surface area contributed by atoms with Crippen LogP contribution in [0, 0.1) is 13.8 Å². The Labute approximate surface area is 204 Å². The van der Waals surface area contributed by atoms with Gasteiger partial charge in [0.2, 0.25) is 17.7 Å². The average molecular weight is 482 g/mol. The van der Waals surface area contributed by atoms with E-state index < -0.39 is 6.04 Å². The van der Waals surface area contributed by atoms with Gasteiger partial charge in [-0.15, -0.1) is 0 Å².